The predicted molar refractivity (Wildman–Crippen MR) is 66.6 cm³/mol. The Morgan fingerprint density at radius 3 is 2.94 bits per heavy atom. The van der Waals surface area contributed by atoms with Crippen LogP contribution in [-0.4, -0.2) is 16.1 Å². The number of imidazole rings is 1. The maximum atomic E-state index is 4.80. The van der Waals surface area contributed by atoms with Crippen molar-refractivity contribution < 1.29 is 0 Å². The van der Waals surface area contributed by atoms with Crippen LogP contribution in [0.3, 0.4) is 0 Å². The first-order valence-corrected chi connectivity index (χ1v) is 6.57. The van der Waals surface area contributed by atoms with Gasteiger partial charge in [-0.25, -0.2) is 4.98 Å². The van der Waals surface area contributed by atoms with Crippen LogP contribution in [0.5, 0.6) is 0 Å². The number of hydrogen-bond donors (Lipinski definition) is 1. The van der Waals surface area contributed by atoms with Gasteiger partial charge in [-0.1, -0.05) is 13.8 Å². The highest BCUT2D eigenvalue weighted by molar-refractivity contribution is 5.20. The summed E-state index contributed by atoms with van der Waals surface area (Å²) in [6.07, 6.45) is 4.87. The molecule has 1 aliphatic rings. The lowest BCUT2D eigenvalue weighted by molar-refractivity contribution is 0.418. The van der Waals surface area contributed by atoms with Gasteiger partial charge in [-0.05, 0) is 32.7 Å². The lowest BCUT2D eigenvalue weighted by atomic mass is 10.0. The Morgan fingerprint density at radius 2 is 2.25 bits per heavy atom. The third-order valence-corrected chi connectivity index (χ3v) is 3.50. The van der Waals surface area contributed by atoms with Crippen LogP contribution < -0.4 is 5.32 Å². The average molecular weight is 221 g/mol. The van der Waals surface area contributed by atoms with E-state index in [-0.39, 0.29) is 0 Å². The van der Waals surface area contributed by atoms with Crippen molar-refractivity contribution in [2.45, 2.75) is 59.0 Å². The first-order chi connectivity index (χ1) is 7.77. The lowest BCUT2D eigenvalue weighted by Crippen LogP contribution is -2.19. The van der Waals surface area contributed by atoms with Crippen molar-refractivity contribution in [2.24, 2.45) is 0 Å². The Bertz CT molecular complexity index is 354. The fraction of sp³-hybridized carbons (Fsp3) is 0.769. The second-order valence-corrected chi connectivity index (χ2v) is 4.67. The highest BCUT2D eigenvalue weighted by Crippen LogP contribution is 2.28. The summed E-state index contributed by atoms with van der Waals surface area (Å²) in [5.41, 5.74) is 2.77. The minimum Gasteiger partial charge on any atom is -0.329 e. The average Bonchev–Trinajstić information content (AvgIpc) is 2.66. The van der Waals surface area contributed by atoms with Gasteiger partial charge >= 0.3 is 0 Å². The highest BCUT2D eigenvalue weighted by Gasteiger charge is 2.22. The molecule has 1 aromatic rings. The summed E-state index contributed by atoms with van der Waals surface area (Å²) < 4.78 is 2.48. The van der Waals surface area contributed by atoms with Gasteiger partial charge in [0, 0.05) is 24.7 Å². The molecule has 0 amide bonds. The van der Waals surface area contributed by atoms with Crippen LogP contribution in [0.4, 0.5) is 0 Å². The minimum absolute atomic E-state index is 0.640. The van der Waals surface area contributed by atoms with Gasteiger partial charge in [0.1, 0.15) is 5.82 Å². The molecule has 0 fully saturated rings. The molecule has 0 bridgehead atoms. The molecule has 1 atom stereocenters. The normalized spacial score (nSPS) is 19.8. The van der Waals surface area contributed by atoms with Crippen LogP contribution >= 0.6 is 0 Å². The molecule has 1 aromatic heterocycles. The molecule has 1 unspecified atom stereocenters. The summed E-state index contributed by atoms with van der Waals surface area (Å²) in [5, 5.41) is 3.39. The van der Waals surface area contributed by atoms with E-state index in [2.05, 4.69) is 30.7 Å². The maximum absolute atomic E-state index is 4.80. The van der Waals surface area contributed by atoms with Crippen molar-refractivity contribution in [2.75, 3.05) is 6.54 Å². The van der Waals surface area contributed by atoms with Crippen LogP contribution in [-0.2, 0) is 19.4 Å². The third-order valence-electron chi connectivity index (χ3n) is 3.50. The molecule has 3 nitrogen and oxygen atoms in total. The first-order valence-electron chi connectivity index (χ1n) is 6.57. The zero-order valence-corrected chi connectivity index (χ0v) is 10.7. The molecule has 3 heteroatoms. The quantitative estimate of drug-likeness (QED) is 0.846. The van der Waals surface area contributed by atoms with Crippen molar-refractivity contribution in [3.05, 3.63) is 17.2 Å². The molecule has 2 heterocycles. The first kappa shape index (κ1) is 11.6. The van der Waals surface area contributed by atoms with E-state index in [0.717, 1.165) is 19.5 Å². The zero-order valence-electron chi connectivity index (χ0n) is 10.7. The summed E-state index contributed by atoms with van der Waals surface area (Å²) in [7, 11) is 0. The van der Waals surface area contributed by atoms with Crippen molar-refractivity contribution in [1.82, 2.24) is 14.9 Å². The Labute approximate surface area is 98.3 Å². The number of aryl methyl sites for hydroxylation is 1. The van der Waals surface area contributed by atoms with E-state index in [0.29, 0.717) is 6.04 Å². The lowest BCUT2D eigenvalue weighted by Gasteiger charge is -2.24. The second kappa shape index (κ2) is 5.00. The molecule has 1 aliphatic heterocycles. The van der Waals surface area contributed by atoms with Gasteiger partial charge in [0.05, 0.1) is 5.69 Å². The maximum Gasteiger partial charge on any atom is 0.109 e. The van der Waals surface area contributed by atoms with Crippen LogP contribution in [0.25, 0.3) is 0 Å². The Hall–Kier alpha value is -0.830. The van der Waals surface area contributed by atoms with Crippen molar-refractivity contribution in [3.63, 3.8) is 0 Å². The Kier molecular flexibility index (Phi) is 3.64. The molecule has 0 aliphatic carbocycles. The van der Waals surface area contributed by atoms with Crippen LogP contribution in [0.1, 0.15) is 56.9 Å². The number of rotatable bonds is 4. The zero-order chi connectivity index (χ0) is 11.5. The molecular weight excluding hydrogens is 198 g/mol. The van der Waals surface area contributed by atoms with E-state index in [9.17, 15) is 0 Å². The fourth-order valence-corrected chi connectivity index (χ4v) is 2.68. The van der Waals surface area contributed by atoms with Gasteiger partial charge in [0.25, 0.3) is 0 Å². The standard InChI is InChI=1S/C13H23N3/c1-4-13-15-11(9-14-5-2)12-8-6-7-10(3)16(12)13/h10,14H,4-9H2,1-3H3. The summed E-state index contributed by atoms with van der Waals surface area (Å²) in [5.74, 6) is 1.27. The van der Waals surface area contributed by atoms with Crippen LogP contribution in [0, 0.1) is 0 Å². The summed E-state index contributed by atoms with van der Waals surface area (Å²) in [6, 6.07) is 0.640. The molecule has 16 heavy (non-hydrogen) atoms. The van der Waals surface area contributed by atoms with E-state index < -0.39 is 0 Å². The van der Waals surface area contributed by atoms with Gasteiger partial charge in [-0.15, -0.1) is 0 Å². The van der Waals surface area contributed by atoms with Crippen molar-refractivity contribution in [1.29, 1.82) is 0 Å². The van der Waals surface area contributed by atoms with Crippen molar-refractivity contribution in [3.8, 4) is 0 Å². The molecular formula is C13H23N3. The van der Waals surface area contributed by atoms with Gasteiger partial charge < -0.3 is 9.88 Å². The van der Waals surface area contributed by atoms with E-state index in [4.69, 9.17) is 4.98 Å². The summed E-state index contributed by atoms with van der Waals surface area (Å²) in [4.78, 5) is 4.80. The Balaban J connectivity index is 2.32. The largest absolute Gasteiger partial charge is 0.329 e. The van der Waals surface area contributed by atoms with E-state index in [1.54, 1.807) is 0 Å². The molecule has 0 saturated heterocycles. The van der Waals surface area contributed by atoms with E-state index in [1.807, 2.05) is 0 Å². The number of hydrogen-bond acceptors (Lipinski definition) is 2. The molecule has 0 spiro atoms. The van der Waals surface area contributed by atoms with E-state index in [1.165, 1.54) is 36.5 Å². The number of aromatic nitrogens is 2. The van der Waals surface area contributed by atoms with Gasteiger partial charge in [-0.2, -0.15) is 0 Å². The fourth-order valence-electron chi connectivity index (χ4n) is 2.68. The molecule has 0 saturated carbocycles. The van der Waals surface area contributed by atoms with Gasteiger partial charge in [-0.3, -0.25) is 0 Å². The number of nitrogens with one attached hydrogen (secondary N) is 1. The molecule has 0 aromatic carbocycles. The molecule has 1 N–H and O–H groups in total. The number of fused-ring (bicyclic) bond motifs is 1. The summed E-state index contributed by atoms with van der Waals surface area (Å²) >= 11 is 0. The molecule has 0 radical (unpaired) electrons. The monoisotopic (exact) mass is 221 g/mol. The van der Waals surface area contributed by atoms with Gasteiger partial charge in [0.15, 0.2) is 0 Å². The summed E-state index contributed by atoms with van der Waals surface area (Å²) in [6.45, 7) is 8.61. The van der Waals surface area contributed by atoms with E-state index >= 15 is 0 Å². The number of nitrogens with zero attached hydrogens (tertiary/aromatic N) is 2. The molecule has 90 valence electrons. The minimum atomic E-state index is 0.640. The van der Waals surface area contributed by atoms with Crippen LogP contribution in [0.15, 0.2) is 0 Å². The topological polar surface area (TPSA) is 29.9 Å². The Morgan fingerprint density at radius 1 is 1.44 bits per heavy atom. The van der Waals surface area contributed by atoms with Crippen molar-refractivity contribution >= 4 is 0 Å². The highest BCUT2D eigenvalue weighted by atomic mass is 15.1. The van der Waals surface area contributed by atoms with Gasteiger partial charge in [0.2, 0.25) is 0 Å². The second-order valence-electron chi connectivity index (χ2n) is 4.67. The smallest absolute Gasteiger partial charge is 0.109 e. The van der Waals surface area contributed by atoms with Crippen LogP contribution in [0.2, 0.25) is 0 Å². The SMILES string of the molecule is CCNCc1nc(CC)n2c1CCCC2C. The molecule has 2 rings (SSSR count). The third kappa shape index (κ3) is 2.01. The predicted octanol–water partition coefficient (Wildman–Crippen LogP) is 2.45.